The molecule has 0 bridgehead atoms. The van der Waals surface area contributed by atoms with Crippen molar-refractivity contribution in [3.05, 3.63) is 36.5 Å². The van der Waals surface area contributed by atoms with Gasteiger partial charge in [0.15, 0.2) is 0 Å². The van der Waals surface area contributed by atoms with Gasteiger partial charge in [0.1, 0.15) is 0 Å². The Morgan fingerprint density at radius 1 is 1.29 bits per heavy atom. The van der Waals surface area contributed by atoms with Gasteiger partial charge in [-0.25, -0.2) is 9.59 Å². The largest absolute Gasteiger partial charge is 0.392 e. The van der Waals surface area contributed by atoms with E-state index in [1.807, 2.05) is 0 Å². The zero-order chi connectivity index (χ0) is 18.3. The molecule has 1 aliphatic heterocycles. The minimum Gasteiger partial charge on any atom is -0.369 e. The van der Waals surface area contributed by atoms with Crippen LogP contribution >= 0.6 is 0 Å². The maximum Gasteiger partial charge on any atom is 0.392 e. The Balaban J connectivity index is 2.95. The first-order chi connectivity index (χ1) is 11.3. The van der Waals surface area contributed by atoms with Crippen molar-refractivity contribution in [1.29, 1.82) is 0 Å². The maximum atomic E-state index is 12.2. The number of halogens is 1. The zero-order valence-corrected chi connectivity index (χ0v) is 12.9. The number of hydrogen-bond donors (Lipinski definition) is 1. The summed E-state index contributed by atoms with van der Waals surface area (Å²) in [6.07, 6.45) is 5.02. The summed E-state index contributed by atoms with van der Waals surface area (Å²) in [5.74, 6) is -5.33. The molecule has 0 aromatic rings. The van der Waals surface area contributed by atoms with E-state index in [0.29, 0.717) is 0 Å². The van der Waals surface area contributed by atoms with Gasteiger partial charge >= 0.3 is 11.9 Å². The van der Waals surface area contributed by atoms with E-state index in [9.17, 15) is 28.8 Å². The number of amides is 2. The Kier molecular flexibility index (Phi) is 6.54. The molecule has 1 N–H and O–H groups in total. The van der Waals surface area contributed by atoms with Crippen molar-refractivity contribution in [2.45, 2.75) is 31.8 Å². The summed E-state index contributed by atoms with van der Waals surface area (Å²) in [7, 11) is 0. The van der Waals surface area contributed by atoms with Gasteiger partial charge in [-0.1, -0.05) is 36.5 Å². The number of allylic oxidation sites excluding steroid dienone is 4. The lowest BCUT2D eigenvalue weighted by atomic mass is 9.95. The summed E-state index contributed by atoms with van der Waals surface area (Å²) in [6.45, 7) is 5.25. The molecule has 1 atom stereocenters. The molecular formula is C15H16FNO7. The number of hydrogen-bond acceptors (Lipinski definition) is 7. The second kappa shape index (κ2) is 8.16. The third-order valence-electron chi connectivity index (χ3n) is 3.04. The SMILES string of the molecule is C=C(/C=C\C=C/C)CC(O)(C(=O)OF)C(=O)ON1C(=O)CCC1=O. The number of carbonyl (C=O) groups excluding carboxylic acids is 4. The molecule has 1 heterocycles. The first-order valence-electron chi connectivity index (χ1n) is 6.87. The average molecular weight is 341 g/mol. The van der Waals surface area contributed by atoms with E-state index in [2.05, 4.69) is 16.4 Å². The van der Waals surface area contributed by atoms with Gasteiger partial charge in [0.05, 0.1) is 0 Å². The molecule has 1 saturated heterocycles. The minimum atomic E-state index is -3.10. The quantitative estimate of drug-likeness (QED) is 0.415. The number of hydroxylamine groups is 2. The number of nitrogens with zero attached hydrogens (tertiary/aromatic N) is 1. The zero-order valence-electron chi connectivity index (χ0n) is 12.9. The Hall–Kier alpha value is -2.81. The second-order valence-electron chi connectivity index (χ2n) is 4.91. The van der Waals surface area contributed by atoms with Crippen molar-refractivity contribution in [3.8, 4) is 0 Å². The molecule has 130 valence electrons. The van der Waals surface area contributed by atoms with Crippen LogP contribution in [0.1, 0.15) is 26.2 Å². The van der Waals surface area contributed by atoms with E-state index >= 15 is 0 Å². The highest BCUT2D eigenvalue weighted by molar-refractivity contribution is 6.06. The molecule has 8 nitrogen and oxygen atoms in total. The number of imide groups is 1. The van der Waals surface area contributed by atoms with Crippen LogP contribution in [0.4, 0.5) is 4.53 Å². The van der Waals surface area contributed by atoms with Crippen LogP contribution in [0, 0.1) is 0 Å². The third-order valence-corrected chi connectivity index (χ3v) is 3.04. The van der Waals surface area contributed by atoms with Crippen molar-refractivity contribution in [2.75, 3.05) is 0 Å². The van der Waals surface area contributed by atoms with Crippen molar-refractivity contribution in [2.24, 2.45) is 0 Å². The molecule has 0 radical (unpaired) electrons. The van der Waals surface area contributed by atoms with Crippen molar-refractivity contribution >= 4 is 23.8 Å². The summed E-state index contributed by atoms with van der Waals surface area (Å²) < 4.78 is 12.2. The highest BCUT2D eigenvalue weighted by Crippen LogP contribution is 2.23. The van der Waals surface area contributed by atoms with Crippen LogP contribution in [0.5, 0.6) is 0 Å². The summed E-state index contributed by atoms with van der Waals surface area (Å²) in [5.41, 5.74) is -3.04. The first kappa shape index (κ1) is 19.2. The normalized spacial score (nSPS) is 17.4. The molecule has 2 amide bonds. The van der Waals surface area contributed by atoms with Gasteiger partial charge in [-0.3, -0.25) is 14.5 Å². The second-order valence-corrected chi connectivity index (χ2v) is 4.91. The molecule has 0 aliphatic carbocycles. The fraction of sp³-hybridized carbons (Fsp3) is 0.333. The first-order valence-corrected chi connectivity index (χ1v) is 6.87. The maximum absolute atomic E-state index is 12.2. The van der Waals surface area contributed by atoms with Gasteiger partial charge in [0.2, 0.25) is 0 Å². The highest BCUT2D eigenvalue weighted by Gasteiger charge is 2.51. The molecule has 1 unspecified atom stereocenters. The average Bonchev–Trinajstić information content (AvgIpc) is 2.85. The van der Waals surface area contributed by atoms with Crippen molar-refractivity contribution in [1.82, 2.24) is 5.06 Å². The molecule has 0 saturated carbocycles. The molecule has 0 aromatic carbocycles. The Morgan fingerprint density at radius 2 is 1.88 bits per heavy atom. The minimum absolute atomic E-state index is 0.0667. The third kappa shape index (κ3) is 4.35. The van der Waals surface area contributed by atoms with E-state index in [0.717, 1.165) is 0 Å². The number of aliphatic hydroxyl groups is 1. The molecule has 0 aromatic heterocycles. The van der Waals surface area contributed by atoms with E-state index < -0.39 is 35.8 Å². The lowest BCUT2D eigenvalue weighted by Crippen LogP contribution is -2.51. The van der Waals surface area contributed by atoms with Crippen LogP contribution in [-0.2, 0) is 29.0 Å². The van der Waals surface area contributed by atoms with Gasteiger partial charge in [0.25, 0.3) is 17.4 Å². The van der Waals surface area contributed by atoms with Gasteiger partial charge < -0.3 is 9.94 Å². The van der Waals surface area contributed by atoms with Crippen LogP contribution in [-0.4, -0.2) is 39.5 Å². The molecule has 1 aliphatic rings. The predicted octanol–water partition coefficient (Wildman–Crippen LogP) is 0.831. The Bertz CT molecular complexity index is 609. The highest BCUT2D eigenvalue weighted by atomic mass is 19.3. The summed E-state index contributed by atoms with van der Waals surface area (Å²) in [4.78, 5) is 53.7. The van der Waals surface area contributed by atoms with E-state index in [1.165, 1.54) is 12.2 Å². The number of rotatable bonds is 7. The standard InChI is InChI=1S/C15H16FNO7/c1-3-4-5-6-10(2)9-15(22,13(20)23-16)14(21)24-17-11(18)7-8-12(17)19/h3-6,22H,2,7-9H2,1H3/b4-3-,6-5-. The van der Waals surface area contributed by atoms with Crippen LogP contribution in [0.25, 0.3) is 0 Å². The topological polar surface area (TPSA) is 110 Å². The molecule has 0 spiro atoms. The smallest absolute Gasteiger partial charge is 0.369 e. The lowest BCUT2D eigenvalue weighted by molar-refractivity contribution is -0.226. The fourth-order valence-electron chi connectivity index (χ4n) is 1.80. The summed E-state index contributed by atoms with van der Waals surface area (Å²) in [5, 5.41) is 10.3. The summed E-state index contributed by atoms with van der Waals surface area (Å²) in [6, 6.07) is 0. The van der Waals surface area contributed by atoms with E-state index in [-0.39, 0.29) is 23.5 Å². The summed E-state index contributed by atoms with van der Waals surface area (Å²) >= 11 is 0. The van der Waals surface area contributed by atoms with Crippen molar-refractivity contribution in [3.63, 3.8) is 0 Å². The molecule has 24 heavy (non-hydrogen) atoms. The van der Waals surface area contributed by atoms with Crippen LogP contribution in [0.2, 0.25) is 0 Å². The Morgan fingerprint density at radius 3 is 2.38 bits per heavy atom. The van der Waals surface area contributed by atoms with Crippen molar-refractivity contribution < 1.29 is 38.6 Å². The Labute approximate surface area is 136 Å². The predicted molar refractivity (Wildman–Crippen MR) is 77.0 cm³/mol. The van der Waals surface area contributed by atoms with Gasteiger partial charge in [-0.15, -0.1) is 5.06 Å². The van der Waals surface area contributed by atoms with Gasteiger partial charge in [0, 0.05) is 23.8 Å². The van der Waals surface area contributed by atoms with Crippen LogP contribution in [0.3, 0.4) is 0 Å². The molecular weight excluding hydrogens is 325 g/mol. The number of carbonyl (C=O) groups is 4. The van der Waals surface area contributed by atoms with Crippen LogP contribution in [0.15, 0.2) is 36.5 Å². The lowest BCUT2D eigenvalue weighted by Gasteiger charge is -2.23. The van der Waals surface area contributed by atoms with Gasteiger partial charge in [-0.2, -0.15) is 0 Å². The van der Waals surface area contributed by atoms with E-state index in [4.69, 9.17) is 0 Å². The monoisotopic (exact) mass is 341 g/mol. The molecule has 1 rings (SSSR count). The van der Waals surface area contributed by atoms with Gasteiger partial charge in [-0.05, 0) is 6.92 Å². The van der Waals surface area contributed by atoms with Crippen LogP contribution < -0.4 is 0 Å². The molecule has 1 fully saturated rings. The fourth-order valence-corrected chi connectivity index (χ4v) is 1.80. The van der Waals surface area contributed by atoms with E-state index in [1.54, 1.807) is 19.1 Å². The molecule has 9 heteroatoms.